The minimum Gasteiger partial charge on any atom is -0.508 e. The molecule has 2 aromatic carbocycles. The van der Waals surface area contributed by atoms with Crippen LogP contribution in [-0.2, 0) is 6.42 Å². The Labute approximate surface area is 157 Å². The zero-order chi connectivity index (χ0) is 18.8. The van der Waals surface area contributed by atoms with Crippen molar-refractivity contribution >= 4 is 18.3 Å². The number of allylic oxidation sites excluding steroid dienone is 1. The lowest BCUT2D eigenvalue weighted by Gasteiger charge is -2.12. The lowest BCUT2D eigenvalue weighted by Crippen LogP contribution is -2.00. The molecule has 1 aromatic heterocycles. The van der Waals surface area contributed by atoms with Crippen molar-refractivity contribution in [1.82, 2.24) is 14.8 Å². The van der Waals surface area contributed by atoms with Crippen LogP contribution < -0.4 is 0 Å². The molecule has 6 heteroatoms. The molecule has 3 aromatic rings. The first-order chi connectivity index (χ1) is 12.5. The summed E-state index contributed by atoms with van der Waals surface area (Å²) in [6, 6.07) is 9.11. The van der Waals surface area contributed by atoms with E-state index < -0.39 is 0 Å². The quantitative estimate of drug-likeness (QED) is 0.573. The van der Waals surface area contributed by atoms with Gasteiger partial charge in [0, 0.05) is 6.07 Å². The van der Waals surface area contributed by atoms with Gasteiger partial charge in [0.1, 0.15) is 11.5 Å². The second kappa shape index (κ2) is 7.17. The monoisotopic (exact) mass is 367 g/mol. The van der Waals surface area contributed by atoms with Crippen molar-refractivity contribution in [3.63, 3.8) is 0 Å². The molecule has 1 heterocycles. The summed E-state index contributed by atoms with van der Waals surface area (Å²) in [5.74, 6) is 0.522. The fourth-order valence-electron chi connectivity index (χ4n) is 2.93. The molecule has 0 spiro atoms. The number of rotatable bonds is 4. The zero-order valence-electron chi connectivity index (χ0n) is 14.9. The number of phenolic OH excluding ortho intramolecular Hbond substituents is 2. The van der Waals surface area contributed by atoms with Crippen molar-refractivity contribution in [3.8, 4) is 28.6 Å². The summed E-state index contributed by atoms with van der Waals surface area (Å²) in [5.41, 5.74) is 4.34. The second-order valence-corrected chi connectivity index (χ2v) is 6.47. The molecular weight excluding hydrogens is 346 g/mol. The van der Waals surface area contributed by atoms with Gasteiger partial charge in [-0.05, 0) is 67.4 Å². The summed E-state index contributed by atoms with van der Waals surface area (Å²) in [7, 11) is 0. The minimum absolute atomic E-state index is 0.0456. The van der Waals surface area contributed by atoms with Crippen LogP contribution >= 0.6 is 12.2 Å². The number of H-pyrrole nitrogens is 1. The Morgan fingerprint density at radius 3 is 2.65 bits per heavy atom. The highest BCUT2D eigenvalue weighted by Crippen LogP contribution is 2.35. The Kier molecular flexibility index (Phi) is 4.95. The van der Waals surface area contributed by atoms with E-state index in [1.807, 2.05) is 51.1 Å². The predicted molar refractivity (Wildman–Crippen MR) is 106 cm³/mol. The molecule has 26 heavy (non-hydrogen) atoms. The van der Waals surface area contributed by atoms with Gasteiger partial charge in [-0.1, -0.05) is 25.1 Å². The van der Waals surface area contributed by atoms with Crippen molar-refractivity contribution in [3.05, 3.63) is 57.9 Å². The molecule has 3 rings (SSSR count). The SMILES string of the molecule is CC=Cc1cc(-n2c(-c3cc(CC)c(O)cc3O)n[nH]c2=S)ccc1C. The molecule has 0 amide bonds. The molecule has 0 saturated carbocycles. The average Bonchev–Trinajstić information content (AvgIpc) is 2.99. The highest BCUT2D eigenvalue weighted by atomic mass is 32.1. The number of aromatic amines is 1. The van der Waals surface area contributed by atoms with Gasteiger partial charge in [-0.3, -0.25) is 9.67 Å². The van der Waals surface area contributed by atoms with E-state index in [1.165, 1.54) is 6.07 Å². The van der Waals surface area contributed by atoms with Crippen LogP contribution in [0.2, 0.25) is 0 Å². The Morgan fingerprint density at radius 1 is 1.19 bits per heavy atom. The first-order valence-electron chi connectivity index (χ1n) is 8.42. The largest absolute Gasteiger partial charge is 0.508 e. The van der Waals surface area contributed by atoms with Crippen LogP contribution in [0.1, 0.15) is 30.5 Å². The Balaban J connectivity index is 2.24. The Hall–Kier alpha value is -2.86. The van der Waals surface area contributed by atoms with Crippen LogP contribution in [0, 0.1) is 11.7 Å². The smallest absolute Gasteiger partial charge is 0.200 e. The first kappa shape index (κ1) is 17.9. The number of phenols is 2. The van der Waals surface area contributed by atoms with Crippen molar-refractivity contribution in [1.29, 1.82) is 0 Å². The van der Waals surface area contributed by atoms with Crippen molar-refractivity contribution in [2.24, 2.45) is 0 Å². The van der Waals surface area contributed by atoms with E-state index in [-0.39, 0.29) is 11.5 Å². The van der Waals surface area contributed by atoms with Crippen LogP contribution in [0.4, 0.5) is 0 Å². The average molecular weight is 367 g/mol. The van der Waals surface area contributed by atoms with Crippen LogP contribution in [0.5, 0.6) is 11.5 Å². The number of aryl methyl sites for hydroxylation is 2. The number of hydrogen-bond donors (Lipinski definition) is 3. The molecule has 0 aliphatic carbocycles. The summed E-state index contributed by atoms with van der Waals surface area (Å²) >= 11 is 5.42. The molecule has 5 nitrogen and oxygen atoms in total. The summed E-state index contributed by atoms with van der Waals surface area (Å²) in [5, 5.41) is 27.4. The second-order valence-electron chi connectivity index (χ2n) is 6.08. The molecule has 0 atom stereocenters. The van der Waals surface area contributed by atoms with Gasteiger partial charge in [-0.2, -0.15) is 5.10 Å². The molecule has 0 bridgehead atoms. The van der Waals surface area contributed by atoms with Gasteiger partial charge in [-0.15, -0.1) is 0 Å². The number of nitrogens with one attached hydrogen (secondary N) is 1. The number of aromatic nitrogens is 3. The predicted octanol–water partition coefficient (Wildman–Crippen LogP) is 4.91. The molecule has 0 unspecified atom stereocenters. The lowest BCUT2D eigenvalue weighted by molar-refractivity contribution is 0.447. The maximum atomic E-state index is 10.4. The van der Waals surface area contributed by atoms with Gasteiger partial charge in [0.15, 0.2) is 10.6 Å². The van der Waals surface area contributed by atoms with E-state index in [0.717, 1.165) is 22.4 Å². The van der Waals surface area contributed by atoms with Gasteiger partial charge >= 0.3 is 0 Å². The Morgan fingerprint density at radius 2 is 1.96 bits per heavy atom. The summed E-state index contributed by atoms with van der Waals surface area (Å²) in [4.78, 5) is 0. The maximum Gasteiger partial charge on any atom is 0.200 e. The third-order valence-corrected chi connectivity index (χ3v) is 4.63. The van der Waals surface area contributed by atoms with E-state index in [4.69, 9.17) is 12.2 Å². The first-order valence-corrected chi connectivity index (χ1v) is 8.83. The van der Waals surface area contributed by atoms with Gasteiger partial charge in [0.05, 0.1) is 11.3 Å². The van der Waals surface area contributed by atoms with E-state index in [9.17, 15) is 10.2 Å². The zero-order valence-corrected chi connectivity index (χ0v) is 15.8. The summed E-state index contributed by atoms with van der Waals surface area (Å²) < 4.78 is 2.22. The standard InChI is InChI=1S/C20H21N3O2S/c1-4-6-14-9-15(8-7-12(14)3)23-19(21-22-20(23)26)16-10-13(5-2)17(24)11-18(16)25/h4,6-11,24-25H,5H2,1-3H3,(H,22,26). The van der Waals surface area contributed by atoms with Gasteiger partial charge < -0.3 is 10.2 Å². The highest BCUT2D eigenvalue weighted by molar-refractivity contribution is 7.71. The maximum absolute atomic E-state index is 10.4. The van der Waals surface area contributed by atoms with Crippen LogP contribution in [0.3, 0.4) is 0 Å². The molecule has 0 radical (unpaired) electrons. The fourth-order valence-corrected chi connectivity index (χ4v) is 3.17. The van der Waals surface area contributed by atoms with Gasteiger partial charge in [0.2, 0.25) is 0 Å². The molecular formula is C20H21N3O2S. The Bertz CT molecular complexity index is 1050. The van der Waals surface area contributed by atoms with E-state index in [1.54, 1.807) is 10.6 Å². The minimum atomic E-state index is -0.0456. The van der Waals surface area contributed by atoms with E-state index in [0.29, 0.717) is 22.6 Å². The van der Waals surface area contributed by atoms with Crippen molar-refractivity contribution in [2.45, 2.75) is 27.2 Å². The van der Waals surface area contributed by atoms with E-state index in [2.05, 4.69) is 10.2 Å². The van der Waals surface area contributed by atoms with Gasteiger partial charge in [-0.25, -0.2) is 0 Å². The van der Waals surface area contributed by atoms with E-state index >= 15 is 0 Å². The normalized spacial score (nSPS) is 11.3. The molecule has 0 aliphatic rings. The van der Waals surface area contributed by atoms with Crippen molar-refractivity contribution in [2.75, 3.05) is 0 Å². The third-order valence-electron chi connectivity index (χ3n) is 4.36. The highest BCUT2D eigenvalue weighted by Gasteiger charge is 2.17. The summed E-state index contributed by atoms with van der Waals surface area (Å²) in [6.07, 6.45) is 4.66. The summed E-state index contributed by atoms with van der Waals surface area (Å²) in [6.45, 7) is 5.96. The van der Waals surface area contributed by atoms with Crippen LogP contribution in [-0.4, -0.2) is 25.0 Å². The van der Waals surface area contributed by atoms with Gasteiger partial charge in [0.25, 0.3) is 0 Å². The number of nitrogens with zero attached hydrogens (tertiary/aromatic N) is 2. The number of benzene rings is 2. The molecule has 134 valence electrons. The lowest BCUT2D eigenvalue weighted by atomic mass is 10.0. The number of hydrogen-bond acceptors (Lipinski definition) is 4. The third kappa shape index (κ3) is 3.15. The number of aromatic hydroxyl groups is 2. The fraction of sp³-hybridized carbons (Fsp3) is 0.200. The molecule has 0 fully saturated rings. The van der Waals surface area contributed by atoms with Crippen LogP contribution in [0.25, 0.3) is 23.2 Å². The molecule has 0 aliphatic heterocycles. The molecule has 0 saturated heterocycles. The van der Waals surface area contributed by atoms with Crippen LogP contribution in [0.15, 0.2) is 36.4 Å². The topological polar surface area (TPSA) is 74.1 Å². The molecule has 3 N–H and O–H groups in total. The van der Waals surface area contributed by atoms with Crippen molar-refractivity contribution < 1.29 is 10.2 Å².